The number of aryl methyl sites for hydroxylation is 2. The van der Waals surface area contributed by atoms with E-state index in [2.05, 4.69) is 5.10 Å². The summed E-state index contributed by atoms with van der Waals surface area (Å²) < 4.78 is 13.7. The van der Waals surface area contributed by atoms with Gasteiger partial charge < -0.3 is 5.11 Å². The molecule has 0 aliphatic carbocycles. The average molecular weight is 293 g/mol. The number of hydrogen-bond donors (Lipinski definition) is 1. The zero-order chi connectivity index (χ0) is 13.9. The molecule has 0 saturated carbocycles. The molecule has 2 atom stereocenters. The third-order valence-corrected chi connectivity index (χ3v) is 4.91. The molecule has 7 heteroatoms. The van der Waals surface area contributed by atoms with E-state index in [1.54, 1.807) is 18.5 Å². The summed E-state index contributed by atoms with van der Waals surface area (Å²) in [5, 5.41) is 12.8. The first-order valence-electron chi connectivity index (χ1n) is 5.74. The zero-order valence-electron chi connectivity index (χ0n) is 10.6. The molecule has 102 valence electrons. The van der Waals surface area contributed by atoms with Crippen molar-refractivity contribution in [1.82, 2.24) is 9.78 Å². The maximum Gasteiger partial charge on any atom is 0.319 e. The molecular weight excluding hydrogens is 276 g/mol. The van der Waals surface area contributed by atoms with Crippen LogP contribution in [0.15, 0.2) is 0 Å². The standard InChI is InChI=1S/C11H17ClN2O3S/c1-4-9(11(15)16)18(17)6-8-10(12)7(3)13-14(8)5-2/h9H,4-6H2,1-3H3,(H,15,16). The fourth-order valence-corrected chi connectivity index (χ4v) is 3.36. The number of aliphatic carboxylic acids is 1. The summed E-state index contributed by atoms with van der Waals surface area (Å²) in [6.45, 7) is 6.00. The Morgan fingerprint density at radius 3 is 2.61 bits per heavy atom. The van der Waals surface area contributed by atoms with Gasteiger partial charge in [-0.2, -0.15) is 5.10 Å². The van der Waals surface area contributed by atoms with Gasteiger partial charge in [-0.25, -0.2) is 0 Å². The molecule has 1 heterocycles. The second kappa shape index (κ2) is 6.33. The van der Waals surface area contributed by atoms with Crippen LogP contribution in [-0.2, 0) is 27.9 Å². The Labute approximate surface area is 114 Å². The van der Waals surface area contributed by atoms with Gasteiger partial charge in [-0.05, 0) is 20.3 Å². The molecule has 1 N–H and O–H groups in total. The largest absolute Gasteiger partial charge is 0.480 e. The number of carboxylic acid groups (broad SMARTS) is 1. The number of halogens is 1. The second-order valence-corrected chi connectivity index (χ2v) is 5.92. The minimum atomic E-state index is -1.49. The van der Waals surface area contributed by atoms with Gasteiger partial charge in [0.15, 0.2) is 0 Å². The number of nitrogens with zero attached hydrogens (tertiary/aromatic N) is 2. The Bertz CT molecular complexity index is 473. The summed E-state index contributed by atoms with van der Waals surface area (Å²) in [5.41, 5.74) is 1.32. The van der Waals surface area contributed by atoms with E-state index in [1.807, 2.05) is 6.92 Å². The average Bonchev–Trinajstić information content (AvgIpc) is 2.57. The first-order valence-corrected chi connectivity index (χ1v) is 7.50. The van der Waals surface area contributed by atoms with Gasteiger partial charge in [-0.15, -0.1) is 0 Å². The number of carboxylic acids is 1. The molecule has 0 aliphatic rings. The van der Waals surface area contributed by atoms with Crippen LogP contribution < -0.4 is 0 Å². The van der Waals surface area contributed by atoms with Gasteiger partial charge in [0.25, 0.3) is 0 Å². The highest BCUT2D eigenvalue weighted by Crippen LogP contribution is 2.23. The van der Waals surface area contributed by atoms with E-state index >= 15 is 0 Å². The molecule has 0 aromatic carbocycles. The van der Waals surface area contributed by atoms with Crippen molar-refractivity contribution >= 4 is 28.4 Å². The lowest BCUT2D eigenvalue weighted by molar-refractivity contribution is -0.136. The van der Waals surface area contributed by atoms with E-state index in [0.29, 0.717) is 29.4 Å². The minimum absolute atomic E-state index is 0.123. The summed E-state index contributed by atoms with van der Waals surface area (Å²) in [4.78, 5) is 11.0. The van der Waals surface area contributed by atoms with Gasteiger partial charge in [0.05, 0.1) is 22.2 Å². The van der Waals surface area contributed by atoms with Crippen molar-refractivity contribution in [2.24, 2.45) is 0 Å². The van der Waals surface area contributed by atoms with E-state index in [0.717, 1.165) is 0 Å². The monoisotopic (exact) mass is 292 g/mol. The zero-order valence-corrected chi connectivity index (χ0v) is 12.2. The van der Waals surface area contributed by atoms with Crippen LogP contribution in [0.2, 0.25) is 5.02 Å². The van der Waals surface area contributed by atoms with Crippen LogP contribution in [-0.4, -0.2) is 30.3 Å². The molecule has 0 fully saturated rings. The lowest BCUT2D eigenvalue weighted by atomic mass is 10.3. The Hall–Kier alpha value is -0.880. The molecular formula is C11H17ClN2O3S. The molecule has 1 rings (SSSR count). The molecule has 5 nitrogen and oxygen atoms in total. The first-order chi connectivity index (χ1) is 8.42. The molecule has 2 unspecified atom stereocenters. The number of carbonyl (C=O) groups is 1. The molecule has 1 aromatic rings. The van der Waals surface area contributed by atoms with Gasteiger partial charge >= 0.3 is 5.97 Å². The minimum Gasteiger partial charge on any atom is -0.480 e. The van der Waals surface area contributed by atoms with Crippen LogP contribution >= 0.6 is 11.6 Å². The van der Waals surface area contributed by atoms with Crippen molar-refractivity contribution in [1.29, 1.82) is 0 Å². The van der Waals surface area contributed by atoms with Crippen LogP contribution in [0.1, 0.15) is 31.7 Å². The molecule has 1 aromatic heterocycles. The molecule has 0 saturated heterocycles. The lowest BCUT2D eigenvalue weighted by Gasteiger charge is -2.10. The van der Waals surface area contributed by atoms with Crippen molar-refractivity contribution in [2.75, 3.05) is 0 Å². The number of rotatable bonds is 6. The fourth-order valence-electron chi connectivity index (χ4n) is 1.72. The molecule has 0 spiro atoms. The topological polar surface area (TPSA) is 72.2 Å². The molecule has 0 aliphatic heterocycles. The molecule has 0 bridgehead atoms. The Kier molecular flexibility index (Phi) is 5.34. The lowest BCUT2D eigenvalue weighted by Crippen LogP contribution is -2.26. The quantitative estimate of drug-likeness (QED) is 0.870. The second-order valence-electron chi connectivity index (χ2n) is 3.92. The van der Waals surface area contributed by atoms with Crippen molar-refractivity contribution in [3.63, 3.8) is 0 Å². The summed E-state index contributed by atoms with van der Waals surface area (Å²) in [7, 11) is -1.49. The van der Waals surface area contributed by atoms with Gasteiger partial charge in [-0.3, -0.25) is 13.7 Å². The summed E-state index contributed by atoms with van der Waals surface area (Å²) in [5.74, 6) is -0.913. The fraction of sp³-hybridized carbons (Fsp3) is 0.636. The Morgan fingerprint density at radius 1 is 1.56 bits per heavy atom. The Morgan fingerprint density at radius 2 is 2.17 bits per heavy atom. The van der Waals surface area contributed by atoms with Gasteiger partial charge in [-0.1, -0.05) is 18.5 Å². The van der Waals surface area contributed by atoms with E-state index in [-0.39, 0.29) is 5.75 Å². The predicted molar refractivity (Wildman–Crippen MR) is 71.2 cm³/mol. The van der Waals surface area contributed by atoms with Gasteiger partial charge in [0, 0.05) is 17.3 Å². The van der Waals surface area contributed by atoms with Crippen LogP contribution in [0.4, 0.5) is 0 Å². The van der Waals surface area contributed by atoms with Crippen LogP contribution in [0.3, 0.4) is 0 Å². The highest BCUT2D eigenvalue weighted by molar-refractivity contribution is 7.85. The SMILES string of the molecule is CCC(C(=O)O)S(=O)Cc1c(Cl)c(C)nn1CC. The van der Waals surface area contributed by atoms with Gasteiger partial charge in [0.2, 0.25) is 0 Å². The van der Waals surface area contributed by atoms with E-state index in [1.165, 1.54) is 0 Å². The molecule has 0 radical (unpaired) electrons. The highest BCUT2D eigenvalue weighted by atomic mass is 35.5. The maximum atomic E-state index is 12.0. The van der Waals surface area contributed by atoms with Crippen LogP contribution in [0.25, 0.3) is 0 Å². The Balaban J connectivity index is 2.97. The van der Waals surface area contributed by atoms with Crippen LogP contribution in [0, 0.1) is 6.92 Å². The van der Waals surface area contributed by atoms with Crippen molar-refractivity contribution < 1.29 is 14.1 Å². The van der Waals surface area contributed by atoms with Crippen molar-refractivity contribution in [3.8, 4) is 0 Å². The summed E-state index contributed by atoms with van der Waals surface area (Å²) in [6, 6.07) is 0. The highest BCUT2D eigenvalue weighted by Gasteiger charge is 2.25. The number of hydrogen-bond acceptors (Lipinski definition) is 3. The third-order valence-electron chi connectivity index (χ3n) is 2.70. The van der Waals surface area contributed by atoms with Crippen LogP contribution in [0.5, 0.6) is 0 Å². The normalized spacial score (nSPS) is 14.4. The van der Waals surface area contributed by atoms with E-state index in [4.69, 9.17) is 16.7 Å². The predicted octanol–water partition coefficient (Wildman–Crippen LogP) is 1.98. The van der Waals surface area contributed by atoms with E-state index in [9.17, 15) is 9.00 Å². The smallest absolute Gasteiger partial charge is 0.319 e. The third kappa shape index (κ3) is 3.11. The summed E-state index contributed by atoms with van der Waals surface area (Å²) >= 11 is 6.10. The van der Waals surface area contributed by atoms with E-state index < -0.39 is 22.0 Å². The van der Waals surface area contributed by atoms with Crippen molar-refractivity contribution in [3.05, 3.63) is 16.4 Å². The molecule has 18 heavy (non-hydrogen) atoms. The first kappa shape index (κ1) is 15.2. The van der Waals surface area contributed by atoms with Gasteiger partial charge in [0.1, 0.15) is 5.25 Å². The van der Waals surface area contributed by atoms with Crippen molar-refractivity contribution in [2.45, 2.75) is 44.7 Å². The summed E-state index contributed by atoms with van der Waals surface area (Å²) in [6.07, 6.45) is 0.332. The molecule has 0 amide bonds. The maximum absolute atomic E-state index is 12.0. The number of aromatic nitrogens is 2.